The normalized spacial score (nSPS) is 15.8. The zero-order valence-corrected chi connectivity index (χ0v) is 17.0. The van der Waals surface area contributed by atoms with Crippen LogP contribution in [0.25, 0.3) is 10.9 Å². The second kappa shape index (κ2) is 8.58. The number of nitrogens with one attached hydrogen (secondary N) is 1. The molecular formula is C21H19N3O5S. The molecule has 1 N–H and O–H groups in total. The van der Waals surface area contributed by atoms with Crippen LogP contribution in [0.4, 0.5) is 5.69 Å². The van der Waals surface area contributed by atoms with Crippen LogP contribution >= 0.6 is 11.8 Å². The van der Waals surface area contributed by atoms with Crippen molar-refractivity contribution in [2.45, 2.75) is 19.1 Å². The van der Waals surface area contributed by atoms with Crippen LogP contribution in [0.3, 0.4) is 0 Å². The van der Waals surface area contributed by atoms with Gasteiger partial charge < -0.3 is 14.5 Å². The van der Waals surface area contributed by atoms with Gasteiger partial charge in [0.1, 0.15) is 22.9 Å². The number of thioether (sulfide) groups is 1. The van der Waals surface area contributed by atoms with E-state index in [2.05, 4.69) is 9.98 Å². The van der Waals surface area contributed by atoms with Gasteiger partial charge in [-0.2, -0.15) is 0 Å². The lowest BCUT2D eigenvalue weighted by atomic mass is 10.1. The quantitative estimate of drug-likeness (QED) is 0.347. The number of aromatic nitrogens is 1. The number of nitro benzene ring substituents is 1. The minimum absolute atomic E-state index is 0.0138. The Balaban J connectivity index is 1.61. The molecule has 1 unspecified atom stereocenters. The Morgan fingerprint density at radius 3 is 2.83 bits per heavy atom. The van der Waals surface area contributed by atoms with Crippen LogP contribution in [0, 0.1) is 10.1 Å². The molecule has 1 aliphatic rings. The molecule has 8 nitrogen and oxygen atoms in total. The SMILES string of the molecule is COC(=O)CC1CSC(c2cc3cc(COc4ccccc4)cc([N+](=O)[O-])c3[nH]2)=N1. The molecule has 0 radical (unpaired) electrons. The maximum atomic E-state index is 11.6. The van der Waals surface area contributed by atoms with Crippen LogP contribution < -0.4 is 4.74 Å². The van der Waals surface area contributed by atoms with Crippen molar-refractivity contribution in [1.82, 2.24) is 4.98 Å². The standard InChI is InChI=1S/C21H19N3O5S/c1-28-19(25)10-15-12-30-21(22-15)17-9-14-7-13(8-18(24(26)27)20(14)23-17)11-29-16-5-3-2-4-6-16/h2-9,15,23H,10-12H2,1H3. The number of carbonyl (C=O) groups excluding carboxylic acids is 1. The molecule has 4 rings (SSSR count). The number of hydrogen-bond acceptors (Lipinski definition) is 7. The Hall–Kier alpha value is -3.33. The summed E-state index contributed by atoms with van der Waals surface area (Å²) in [6.07, 6.45) is 0.217. The number of non-ortho nitro benzene ring substituents is 1. The van der Waals surface area contributed by atoms with Crippen molar-refractivity contribution in [2.24, 2.45) is 4.99 Å². The van der Waals surface area contributed by atoms with Crippen LogP contribution in [-0.2, 0) is 16.1 Å². The number of aliphatic imine (C=N–C) groups is 1. The molecule has 2 heterocycles. The van der Waals surface area contributed by atoms with Gasteiger partial charge >= 0.3 is 5.97 Å². The van der Waals surface area contributed by atoms with Gasteiger partial charge in [-0.3, -0.25) is 19.9 Å². The lowest BCUT2D eigenvalue weighted by Gasteiger charge is -2.06. The predicted molar refractivity (Wildman–Crippen MR) is 115 cm³/mol. The molecule has 30 heavy (non-hydrogen) atoms. The minimum atomic E-state index is -0.404. The zero-order chi connectivity index (χ0) is 21.1. The lowest BCUT2D eigenvalue weighted by Crippen LogP contribution is -2.12. The van der Waals surface area contributed by atoms with Crippen LogP contribution in [0.1, 0.15) is 17.7 Å². The Kier molecular flexibility index (Phi) is 5.71. The molecular weight excluding hydrogens is 406 g/mol. The summed E-state index contributed by atoms with van der Waals surface area (Å²) in [5.41, 5.74) is 1.83. The molecule has 0 amide bonds. The van der Waals surface area contributed by atoms with Crippen LogP contribution in [0.15, 0.2) is 53.5 Å². The van der Waals surface area contributed by atoms with Crippen molar-refractivity contribution in [2.75, 3.05) is 12.9 Å². The fraction of sp³-hybridized carbons (Fsp3) is 0.238. The first-order valence-electron chi connectivity index (χ1n) is 9.29. The van der Waals surface area contributed by atoms with Gasteiger partial charge in [-0.1, -0.05) is 18.2 Å². The number of nitro groups is 1. The fourth-order valence-corrected chi connectivity index (χ4v) is 4.29. The summed E-state index contributed by atoms with van der Waals surface area (Å²) in [4.78, 5) is 30.4. The van der Waals surface area contributed by atoms with Crippen LogP contribution in [-0.4, -0.2) is 39.8 Å². The summed E-state index contributed by atoms with van der Waals surface area (Å²) in [6.45, 7) is 0.220. The number of carbonyl (C=O) groups is 1. The Labute approximate surface area is 176 Å². The van der Waals surface area contributed by atoms with Crippen LogP contribution in [0.5, 0.6) is 5.75 Å². The van der Waals surface area contributed by atoms with E-state index >= 15 is 0 Å². The summed E-state index contributed by atoms with van der Waals surface area (Å²) in [5.74, 6) is 1.06. The van der Waals surface area contributed by atoms with E-state index in [0.29, 0.717) is 33.7 Å². The van der Waals surface area contributed by atoms with E-state index in [1.54, 1.807) is 0 Å². The second-order valence-corrected chi connectivity index (χ2v) is 7.81. The monoisotopic (exact) mass is 425 g/mol. The molecule has 3 aromatic rings. The third-order valence-electron chi connectivity index (χ3n) is 4.69. The molecule has 1 atom stereocenters. The first kappa shape index (κ1) is 20.0. The molecule has 0 saturated heterocycles. The number of esters is 1. The lowest BCUT2D eigenvalue weighted by molar-refractivity contribution is -0.383. The molecule has 1 aliphatic heterocycles. The zero-order valence-electron chi connectivity index (χ0n) is 16.2. The van der Waals surface area contributed by atoms with Gasteiger partial charge in [0.05, 0.1) is 30.2 Å². The number of fused-ring (bicyclic) bond motifs is 1. The van der Waals surface area contributed by atoms with Gasteiger partial charge in [-0.25, -0.2) is 0 Å². The third kappa shape index (κ3) is 4.30. The molecule has 0 saturated carbocycles. The van der Waals surface area contributed by atoms with E-state index in [1.165, 1.54) is 24.9 Å². The Morgan fingerprint density at radius 2 is 2.10 bits per heavy atom. The smallest absolute Gasteiger partial charge is 0.307 e. The maximum absolute atomic E-state index is 11.6. The average Bonchev–Trinajstić information content (AvgIpc) is 3.38. The van der Waals surface area contributed by atoms with Gasteiger partial charge in [-0.05, 0) is 29.8 Å². The van der Waals surface area contributed by atoms with Crippen molar-refractivity contribution in [3.05, 3.63) is 69.9 Å². The number of methoxy groups -OCH3 is 1. The van der Waals surface area contributed by atoms with Gasteiger partial charge in [0.25, 0.3) is 5.69 Å². The maximum Gasteiger partial charge on any atom is 0.307 e. The first-order chi connectivity index (χ1) is 14.5. The van der Waals surface area contributed by atoms with Crippen molar-refractivity contribution in [3.63, 3.8) is 0 Å². The van der Waals surface area contributed by atoms with Crippen molar-refractivity contribution >= 4 is 39.4 Å². The van der Waals surface area contributed by atoms with Gasteiger partial charge in [0, 0.05) is 17.2 Å². The van der Waals surface area contributed by atoms with E-state index in [4.69, 9.17) is 9.47 Å². The number of hydrogen-bond donors (Lipinski definition) is 1. The second-order valence-electron chi connectivity index (χ2n) is 6.80. The number of nitrogens with zero attached hydrogens (tertiary/aromatic N) is 2. The molecule has 1 aromatic heterocycles. The average molecular weight is 425 g/mol. The largest absolute Gasteiger partial charge is 0.489 e. The number of para-hydroxylation sites is 1. The number of aromatic amines is 1. The van der Waals surface area contributed by atoms with Crippen LogP contribution in [0.2, 0.25) is 0 Å². The number of ether oxygens (including phenoxy) is 2. The fourth-order valence-electron chi connectivity index (χ4n) is 3.25. The molecule has 154 valence electrons. The molecule has 0 aliphatic carbocycles. The van der Waals surface area contributed by atoms with E-state index < -0.39 is 4.92 Å². The number of rotatable bonds is 7. The van der Waals surface area contributed by atoms with Gasteiger partial charge in [0.15, 0.2) is 0 Å². The van der Waals surface area contributed by atoms with E-state index in [-0.39, 0.29) is 30.7 Å². The predicted octanol–water partition coefficient (Wildman–Crippen LogP) is 4.08. The number of benzene rings is 2. The Morgan fingerprint density at radius 1 is 1.30 bits per heavy atom. The van der Waals surface area contributed by atoms with Crippen molar-refractivity contribution < 1.29 is 19.2 Å². The topological polar surface area (TPSA) is 107 Å². The van der Waals surface area contributed by atoms with E-state index in [0.717, 1.165) is 5.04 Å². The molecule has 0 spiro atoms. The van der Waals surface area contributed by atoms with E-state index in [1.807, 2.05) is 42.5 Å². The molecule has 0 bridgehead atoms. The highest BCUT2D eigenvalue weighted by molar-refractivity contribution is 8.14. The van der Waals surface area contributed by atoms with E-state index in [9.17, 15) is 14.9 Å². The third-order valence-corrected chi connectivity index (χ3v) is 5.84. The number of H-pyrrole nitrogens is 1. The highest BCUT2D eigenvalue weighted by atomic mass is 32.2. The summed E-state index contributed by atoms with van der Waals surface area (Å²) in [7, 11) is 1.35. The Bertz CT molecular complexity index is 1130. The van der Waals surface area contributed by atoms with Crippen molar-refractivity contribution in [3.8, 4) is 5.75 Å². The van der Waals surface area contributed by atoms with Gasteiger partial charge in [0.2, 0.25) is 0 Å². The summed E-state index contributed by atoms with van der Waals surface area (Å²) in [6, 6.07) is 14.4. The summed E-state index contributed by atoms with van der Waals surface area (Å²) >= 11 is 1.51. The molecule has 9 heteroatoms. The highest BCUT2D eigenvalue weighted by Gasteiger charge is 2.25. The first-order valence-corrected chi connectivity index (χ1v) is 10.3. The molecule has 0 fully saturated rings. The molecule has 2 aromatic carbocycles. The summed E-state index contributed by atoms with van der Waals surface area (Å²) < 4.78 is 10.4. The van der Waals surface area contributed by atoms with Gasteiger partial charge in [-0.15, -0.1) is 11.8 Å². The highest BCUT2D eigenvalue weighted by Crippen LogP contribution is 2.32. The minimum Gasteiger partial charge on any atom is -0.489 e. The summed E-state index contributed by atoms with van der Waals surface area (Å²) in [5, 5.41) is 13.1. The van der Waals surface area contributed by atoms with Crippen molar-refractivity contribution in [1.29, 1.82) is 0 Å².